The Labute approximate surface area is 202 Å². The molecule has 0 aliphatic carbocycles. The summed E-state index contributed by atoms with van der Waals surface area (Å²) in [7, 11) is 3.17. The van der Waals surface area contributed by atoms with E-state index < -0.39 is 23.8 Å². The number of benzene rings is 2. The number of methoxy groups -OCH3 is 2. The van der Waals surface area contributed by atoms with Crippen LogP contribution >= 0.6 is 0 Å². The molecule has 0 N–H and O–H groups in total. The molecule has 0 unspecified atom stereocenters. The SMILES string of the molecule is CO[C@@]1(C)O[C@@H]2[C@H](OCc3ccccc3)[C@H](C)O[C@H](COCc3ccccc3)[C@H]2O[C@]1(C)OC. The van der Waals surface area contributed by atoms with Crippen LogP contribution in [-0.4, -0.2) is 62.9 Å². The number of fused-ring (bicyclic) bond motifs is 1. The highest BCUT2D eigenvalue weighted by atomic mass is 16.8. The molecule has 2 aromatic rings. The Hall–Kier alpha value is -1.84. The van der Waals surface area contributed by atoms with Gasteiger partial charge in [-0.2, -0.15) is 0 Å². The van der Waals surface area contributed by atoms with E-state index in [2.05, 4.69) is 0 Å². The normalized spacial score (nSPS) is 35.6. The number of rotatable bonds is 9. The first-order chi connectivity index (χ1) is 16.4. The summed E-state index contributed by atoms with van der Waals surface area (Å²) >= 11 is 0. The highest BCUT2D eigenvalue weighted by molar-refractivity contribution is 5.14. The second kappa shape index (κ2) is 10.8. The van der Waals surface area contributed by atoms with Gasteiger partial charge in [0.2, 0.25) is 11.6 Å². The first kappa shape index (κ1) is 25.3. The van der Waals surface area contributed by atoms with Gasteiger partial charge in [0.05, 0.1) is 25.9 Å². The van der Waals surface area contributed by atoms with Crippen LogP contribution in [-0.2, 0) is 46.4 Å². The van der Waals surface area contributed by atoms with Crippen LogP contribution in [0.3, 0.4) is 0 Å². The number of ether oxygens (including phenoxy) is 7. The molecule has 2 saturated heterocycles. The minimum Gasteiger partial charge on any atom is -0.374 e. The summed E-state index contributed by atoms with van der Waals surface area (Å²) in [5.41, 5.74) is 2.18. The van der Waals surface area contributed by atoms with Gasteiger partial charge >= 0.3 is 0 Å². The molecule has 7 nitrogen and oxygen atoms in total. The molecule has 2 heterocycles. The van der Waals surface area contributed by atoms with E-state index in [4.69, 9.17) is 33.2 Å². The Bertz CT molecular complexity index is 894. The Morgan fingerprint density at radius 3 is 1.85 bits per heavy atom. The van der Waals surface area contributed by atoms with Crippen LogP contribution in [0, 0.1) is 0 Å². The van der Waals surface area contributed by atoms with Crippen LogP contribution in [0.1, 0.15) is 31.9 Å². The van der Waals surface area contributed by atoms with Crippen molar-refractivity contribution >= 4 is 0 Å². The van der Waals surface area contributed by atoms with Crippen molar-refractivity contribution in [3.63, 3.8) is 0 Å². The summed E-state index contributed by atoms with van der Waals surface area (Å²) in [6.45, 7) is 6.89. The molecular weight excluding hydrogens is 436 g/mol. The van der Waals surface area contributed by atoms with Crippen molar-refractivity contribution in [2.24, 2.45) is 0 Å². The summed E-state index contributed by atoms with van der Waals surface area (Å²) < 4.78 is 43.3. The van der Waals surface area contributed by atoms with E-state index in [0.717, 1.165) is 11.1 Å². The molecule has 34 heavy (non-hydrogen) atoms. The zero-order valence-electron chi connectivity index (χ0n) is 20.6. The lowest BCUT2D eigenvalue weighted by molar-refractivity contribution is -0.473. The molecule has 0 aromatic heterocycles. The van der Waals surface area contributed by atoms with Crippen LogP contribution in [0.25, 0.3) is 0 Å². The molecule has 2 aromatic carbocycles. The van der Waals surface area contributed by atoms with E-state index in [-0.39, 0.29) is 18.3 Å². The van der Waals surface area contributed by atoms with E-state index in [1.807, 2.05) is 81.4 Å². The van der Waals surface area contributed by atoms with Gasteiger partial charge in [0.15, 0.2) is 0 Å². The first-order valence-electron chi connectivity index (χ1n) is 11.8. The van der Waals surface area contributed by atoms with E-state index in [1.165, 1.54) is 0 Å². The number of hydrogen-bond acceptors (Lipinski definition) is 7. The van der Waals surface area contributed by atoms with Crippen molar-refractivity contribution in [1.82, 2.24) is 0 Å². The van der Waals surface area contributed by atoms with Crippen LogP contribution in [0.15, 0.2) is 60.7 Å². The summed E-state index contributed by atoms with van der Waals surface area (Å²) in [4.78, 5) is 0. The van der Waals surface area contributed by atoms with Gasteiger partial charge in [0.1, 0.15) is 24.4 Å². The summed E-state index contributed by atoms with van der Waals surface area (Å²) in [5, 5.41) is 0. The Balaban J connectivity index is 1.52. The third-order valence-corrected chi connectivity index (χ3v) is 6.87. The third kappa shape index (κ3) is 5.21. The lowest BCUT2D eigenvalue weighted by Crippen LogP contribution is -2.73. The van der Waals surface area contributed by atoms with Crippen molar-refractivity contribution < 1.29 is 33.2 Å². The predicted molar refractivity (Wildman–Crippen MR) is 126 cm³/mol. The van der Waals surface area contributed by atoms with E-state index in [0.29, 0.717) is 19.8 Å². The van der Waals surface area contributed by atoms with Gasteiger partial charge in [-0.15, -0.1) is 0 Å². The maximum Gasteiger partial charge on any atom is 0.220 e. The quantitative estimate of drug-likeness (QED) is 0.545. The maximum atomic E-state index is 6.57. The van der Waals surface area contributed by atoms with E-state index >= 15 is 0 Å². The van der Waals surface area contributed by atoms with Crippen molar-refractivity contribution in [3.8, 4) is 0 Å². The molecule has 2 aliphatic heterocycles. The lowest BCUT2D eigenvalue weighted by atomic mass is 9.91. The Morgan fingerprint density at radius 1 is 0.765 bits per heavy atom. The first-order valence-corrected chi connectivity index (χ1v) is 11.8. The maximum absolute atomic E-state index is 6.57. The fourth-order valence-electron chi connectivity index (χ4n) is 4.57. The third-order valence-electron chi connectivity index (χ3n) is 6.87. The average molecular weight is 473 g/mol. The molecule has 4 rings (SSSR count). The zero-order valence-corrected chi connectivity index (χ0v) is 20.6. The second-order valence-electron chi connectivity index (χ2n) is 9.11. The van der Waals surface area contributed by atoms with E-state index in [1.54, 1.807) is 14.2 Å². The van der Waals surface area contributed by atoms with Crippen LogP contribution < -0.4 is 0 Å². The molecule has 186 valence electrons. The van der Waals surface area contributed by atoms with Gasteiger partial charge in [-0.05, 0) is 31.9 Å². The molecule has 0 bridgehead atoms. The highest BCUT2D eigenvalue weighted by Crippen LogP contribution is 2.44. The molecule has 0 spiro atoms. The smallest absolute Gasteiger partial charge is 0.220 e. The fourth-order valence-corrected chi connectivity index (χ4v) is 4.57. The molecule has 0 saturated carbocycles. The molecule has 7 heteroatoms. The topological polar surface area (TPSA) is 64.6 Å². The highest BCUT2D eigenvalue weighted by Gasteiger charge is 2.62. The summed E-state index contributed by atoms with van der Waals surface area (Å²) in [5.74, 6) is -2.28. The predicted octanol–water partition coefficient (Wildman–Crippen LogP) is 4.09. The Kier molecular flexibility index (Phi) is 8.05. The fraction of sp³-hybridized carbons (Fsp3) is 0.556. The van der Waals surface area contributed by atoms with Gasteiger partial charge in [0.25, 0.3) is 0 Å². The zero-order chi connectivity index (χ0) is 24.2. The van der Waals surface area contributed by atoms with Crippen molar-refractivity contribution in [2.75, 3.05) is 20.8 Å². The lowest BCUT2D eigenvalue weighted by Gasteiger charge is -2.57. The van der Waals surface area contributed by atoms with Gasteiger partial charge < -0.3 is 33.2 Å². The molecule has 0 amide bonds. The standard InChI is InChI=1S/C27H36O7/c1-19-23(31-17-21-14-10-7-11-15-21)25-24(33-26(2,28-4)27(3,29-5)34-25)22(32-19)18-30-16-20-12-8-6-9-13-20/h6-15,19,22-25H,16-18H2,1-5H3/t19-,22+,23+,24+,25+,26-,27-/m0/s1. The van der Waals surface area contributed by atoms with Crippen LogP contribution in [0.2, 0.25) is 0 Å². The molecule has 2 fully saturated rings. The average Bonchev–Trinajstić information content (AvgIpc) is 2.86. The summed E-state index contributed by atoms with van der Waals surface area (Å²) in [6.07, 6.45) is -1.89. The molecule has 7 atom stereocenters. The minimum absolute atomic E-state index is 0.244. The Morgan fingerprint density at radius 2 is 1.29 bits per heavy atom. The van der Waals surface area contributed by atoms with Crippen molar-refractivity contribution in [1.29, 1.82) is 0 Å². The largest absolute Gasteiger partial charge is 0.374 e. The second-order valence-corrected chi connectivity index (χ2v) is 9.11. The minimum atomic E-state index is -1.14. The van der Waals surface area contributed by atoms with Crippen molar-refractivity contribution in [2.45, 2.75) is 76.1 Å². The van der Waals surface area contributed by atoms with Crippen molar-refractivity contribution in [3.05, 3.63) is 71.8 Å². The van der Waals surface area contributed by atoms with Gasteiger partial charge in [-0.1, -0.05) is 60.7 Å². The summed E-state index contributed by atoms with van der Waals surface area (Å²) in [6, 6.07) is 20.1. The monoisotopic (exact) mass is 472 g/mol. The van der Waals surface area contributed by atoms with Crippen LogP contribution in [0.5, 0.6) is 0 Å². The van der Waals surface area contributed by atoms with Gasteiger partial charge in [-0.25, -0.2) is 0 Å². The molecule has 0 radical (unpaired) electrons. The van der Waals surface area contributed by atoms with E-state index in [9.17, 15) is 0 Å². The molecular formula is C27H36O7. The van der Waals surface area contributed by atoms with Gasteiger partial charge in [-0.3, -0.25) is 0 Å². The van der Waals surface area contributed by atoms with Gasteiger partial charge in [0, 0.05) is 14.2 Å². The van der Waals surface area contributed by atoms with Crippen LogP contribution in [0.4, 0.5) is 0 Å². The molecule has 2 aliphatic rings. The number of hydrogen-bond donors (Lipinski definition) is 0.